The molecule has 2 aromatic heterocycles. The van der Waals surface area contributed by atoms with Gasteiger partial charge in [0.05, 0.1) is 28.3 Å². The number of sulfonamides is 1. The van der Waals surface area contributed by atoms with Crippen LogP contribution in [-0.4, -0.2) is 43.5 Å². The van der Waals surface area contributed by atoms with E-state index in [1.54, 1.807) is 24.0 Å². The van der Waals surface area contributed by atoms with Crippen LogP contribution in [-0.2, 0) is 27.7 Å². The summed E-state index contributed by atoms with van der Waals surface area (Å²) in [7, 11) is -4.00. The summed E-state index contributed by atoms with van der Waals surface area (Å²) in [4.78, 5) is 33.3. The van der Waals surface area contributed by atoms with Gasteiger partial charge in [0.25, 0.3) is 15.9 Å². The molecule has 1 aliphatic heterocycles. The molecule has 3 aromatic carbocycles. The summed E-state index contributed by atoms with van der Waals surface area (Å²) in [5.41, 5.74) is 3.12. The molecule has 0 fully saturated rings. The van der Waals surface area contributed by atoms with E-state index in [2.05, 4.69) is 10.0 Å². The summed E-state index contributed by atoms with van der Waals surface area (Å²) >= 11 is 2.91. The summed E-state index contributed by atoms with van der Waals surface area (Å²) in [6, 6.07) is 18.4. The normalized spacial score (nSPS) is 13.0. The van der Waals surface area contributed by atoms with Gasteiger partial charge in [-0.1, -0.05) is 18.2 Å². The molecule has 1 aliphatic rings. The largest absolute Gasteiger partial charge is 0.450 e. The number of halogens is 1. The molecule has 13 heteroatoms. The van der Waals surface area contributed by atoms with Crippen LogP contribution in [0.3, 0.4) is 0 Å². The van der Waals surface area contributed by atoms with Gasteiger partial charge in [0.2, 0.25) is 0 Å². The summed E-state index contributed by atoms with van der Waals surface area (Å²) < 4.78 is 47.6. The quantitative estimate of drug-likeness (QED) is 0.205. The van der Waals surface area contributed by atoms with Crippen molar-refractivity contribution in [3.63, 3.8) is 0 Å². The molecule has 43 heavy (non-hydrogen) atoms. The maximum absolute atomic E-state index is 13.5. The van der Waals surface area contributed by atoms with Crippen molar-refractivity contribution >= 4 is 65.6 Å². The minimum Gasteiger partial charge on any atom is -0.450 e. The van der Waals surface area contributed by atoms with Crippen LogP contribution in [0.25, 0.3) is 20.8 Å². The number of nitrogens with zero attached hydrogens (tertiary/aromatic N) is 2. The molecule has 9 nitrogen and oxygen atoms in total. The van der Waals surface area contributed by atoms with Crippen molar-refractivity contribution < 1.29 is 27.1 Å². The van der Waals surface area contributed by atoms with Gasteiger partial charge < -0.3 is 15.0 Å². The van der Waals surface area contributed by atoms with Gasteiger partial charge in [-0.25, -0.2) is 22.6 Å². The smallest absolute Gasteiger partial charge is 0.410 e. The van der Waals surface area contributed by atoms with Crippen LogP contribution in [0, 0.1) is 5.82 Å². The maximum atomic E-state index is 13.5. The number of thiazole rings is 1. The molecule has 0 spiro atoms. The lowest BCUT2D eigenvalue weighted by atomic mass is 10.0. The Kier molecular flexibility index (Phi) is 7.86. The average Bonchev–Trinajstić information content (AvgIpc) is 3.57. The van der Waals surface area contributed by atoms with Gasteiger partial charge in [0.15, 0.2) is 0 Å². The monoisotopic (exact) mass is 636 g/mol. The highest BCUT2D eigenvalue weighted by molar-refractivity contribution is 7.92. The molecule has 0 unspecified atom stereocenters. The first kappa shape index (κ1) is 28.8. The molecule has 0 atom stereocenters. The SMILES string of the molecule is CCOC(=O)N1CCc2c(sc(NC(=O)c3cccc(NS(=O)(=O)c4ccc(F)cc4)c3)c2-c2nc3ccccc3s2)C1. The van der Waals surface area contributed by atoms with Gasteiger partial charge in [-0.2, -0.15) is 0 Å². The lowest BCUT2D eigenvalue weighted by molar-refractivity contribution is 0.102. The van der Waals surface area contributed by atoms with Gasteiger partial charge in [0, 0.05) is 28.2 Å². The van der Waals surface area contributed by atoms with Crippen molar-refractivity contribution in [2.45, 2.75) is 24.8 Å². The Hall–Kier alpha value is -4.33. The van der Waals surface area contributed by atoms with Gasteiger partial charge in [-0.3, -0.25) is 9.52 Å². The fourth-order valence-electron chi connectivity index (χ4n) is 4.79. The Bertz CT molecular complexity index is 1920. The summed E-state index contributed by atoms with van der Waals surface area (Å²) in [5, 5.41) is 4.37. The van der Waals surface area contributed by atoms with Crippen LogP contribution in [0.15, 0.2) is 77.7 Å². The minimum atomic E-state index is -4.00. The molecule has 0 saturated carbocycles. The Labute approximate surface area is 255 Å². The number of rotatable bonds is 7. The third kappa shape index (κ3) is 5.96. The topological polar surface area (TPSA) is 118 Å². The van der Waals surface area contributed by atoms with Crippen molar-refractivity contribution in [3.05, 3.63) is 94.6 Å². The number of benzene rings is 3. The Balaban J connectivity index is 1.31. The van der Waals surface area contributed by atoms with Crippen LogP contribution in [0.5, 0.6) is 0 Å². The van der Waals surface area contributed by atoms with Crippen LogP contribution >= 0.6 is 22.7 Å². The maximum Gasteiger partial charge on any atom is 0.410 e. The predicted octanol–water partition coefficient (Wildman–Crippen LogP) is 6.73. The molecule has 220 valence electrons. The molecule has 0 aliphatic carbocycles. The summed E-state index contributed by atoms with van der Waals surface area (Å²) in [6.07, 6.45) is 0.195. The highest BCUT2D eigenvalue weighted by atomic mass is 32.2. The summed E-state index contributed by atoms with van der Waals surface area (Å²) in [5.74, 6) is -0.988. The second kappa shape index (κ2) is 11.7. The molecule has 5 aromatic rings. The lowest BCUT2D eigenvalue weighted by Crippen LogP contribution is -2.35. The minimum absolute atomic E-state index is 0.106. The van der Waals surface area contributed by atoms with E-state index in [1.165, 1.54) is 46.9 Å². The number of carbonyl (C=O) groups is 2. The van der Waals surface area contributed by atoms with E-state index >= 15 is 0 Å². The number of carbonyl (C=O) groups excluding carboxylic acids is 2. The Morgan fingerprint density at radius 2 is 1.84 bits per heavy atom. The number of anilines is 2. The van der Waals surface area contributed by atoms with Gasteiger partial charge in [0.1, 0.15) is 15.8 Å². The zero-order chi connectivity index (χ0) is 30.1. The predicted molar refractivity (Wildman–Crippen MR) is 166 cm³/mol. The van der Waals surface area contributed by atoms with Crippen molar-refractivity contribution in [2.75, 3.05) is 23.2 Å². The van der Waals surface area contributed by atoms with E-state index in [0.29, 0.717) is 24.5 Å². The standard InChI is InChI=1S/C30H25FN4O5S3/c1-2-40-30(37)35-15-14-22-25(17-35)42-29(26(22)28-32-23-8-3-4-9-24(23)41-28)33-27(36)18-6-5-7-20(16-18)34-43(38,39)21-12-10-19(31)11-13-21/h3-13,16,34H,2,14-15,17H2,1H3,(H,33,36). The molecule has 3 heterocycles. The summed E-state index contributed by atoms with van der Waals surface area (Å²) in [6.45, 7) is 2.88. The van der Waals surface area contributed by atoms with Crippen molar-refractivity contribution in [1.29, 1.82) is 0 Å². The van der Waals surface area contributed by atoms with Gasteiger partial charge in [-0.05, 0) is 73.5 Å². The van der Waals surface area contributed by atoms with Crippen molar-refractivity contribution in [1.82, 2.24) is 9.88 Å². The molecule has 6 rings (SSSR count). The zero-order valence-corrected chi connectivity index (χ0v) is 25.2. The van der Waals surface area contributed by atoms with Crippen LogP contribution < -0.4 is 10.0 Å². The first-order valence-electron chi connectivity index (χ1n) is 13.3. The second-order valence-corrected chi connectivity index (χ2v) is 13.5. The van der Waals surface area contributed by atoms with E-state index in [4.69, 9.17) is 9.72 Å². The number of para-hydroxylation sites is 1. The first-order chi connectivity index (χ1) is 20.7. The number of hydrogen-bond donors (Lipinski definition) is 2. The van der Waals surface area contributed by atoms with E-state index in [9.17, 15) is 22.4 Å². The van der Waals surface area contributed by atoms with Crippen LogP contribution in [0.4, 0.5) is 19.9 Å². The third-order valence-corrected chi connectivity index (χ3v) is 10.4. The van der Waals surface area contributed by atoms with E-state index in [-0.39, 0.29) is 28.8 Å². The molecule has 0 bridgehead atoms. The van der Waals surface area contributed by atoms with Crippen LogP contribution in [0.1, 0.15) is 27.7 Å². The number of aromatic nitrogens is 1. The lowest BCUT2D eigenvalue weighted by Gasteiger charge is -2.26. The fraction of sp³-hybridized carbons (Fsp3) is 0.167. The molecular formula is C30H25FN4O5S3. The Morgan fingerprint density at radius 3 is 2.60 bits per heavy atom. The highest BCUT2D eigenvalue weighted by Gasteiger charge is 2.30. The van der Waals surface area contributed by atoms with Crippen molar-refractivity contribution in [2.24, 2.45) is 0 Å². The van der Waals surface area contributed by atoms with Crippen molar-refractivity contribution in [3.8, 4) is 10.6 Å². The number of ether oxygens (including phenoxy) is 1. The number of amides is 2. The number of hydrogen-bond acceptors (Lipinski definition) is 8. The number of nitrogens with one attached hydrogen (secondary N) is 2. The number of fused-ring (bicyclic) bond motifs is 2. The average molecular weight is 637 g/mol. The van der Waals surface area contributed by atoms with E-state index < -0.39 is 21.7 Å². The molecule has 0 radical (unpaired) electrons. The third-order valence-electron chi connectivity index (χ3n) is 6.82. The molecule has 0 saturated heterocycles. The van der Waals surface area contributed by atoms with Gasteiger partial charge in [-0.15, -0.1) is 22.7 Å². The molecular weight excluding hydrogens is 612 g/mol. The first-order valence-corrected chi connectivity index (χ1v) is 16.5. The second-order valence-electron chi connectivity index (χ2n) is 9.66. The van der Waals surface area contributed by atoms with Gasteiger partial charge >= 0.3 is 6.09 Å². The molecule has 2 N–H and O–H groups in total. The van der Waals surface area contributed by atoms with Crippen LogP contribution in [0.2, 0.25) is 0 Å². The molecule has 2 amide bonds. The zero-order valence-electron chi connectivity index (χ0n) is 22.8. The van der Waals surface area contributed by atoms with E-state index in [0.717, 1.165) is 43.4 Å². The Morgan fingerprint density at radius 1 is 1.05 bits per heavy atom. The highest BCUT2D eigenvalue weighted by Crippen LogP contribution is 2.46. The number of thiophene rings is 1. The fourth-order valence-corrected chi connectivity index (χ4v) is 8.21. The van der Waals surface area contributed by atoms with E-state index in [1.807, 2.05) is 24.3 Å².